The molecule has 1 aromatic heterocycles. The van der Waals surface area contributed by atoms with Crippen molar-refractivity contribution in [2.75, 3.05) is 20.1 Å². The van der Waals surface area contributed by atoms with Crippen molar-refractivity contribution in [2.24, 2.45) is 0 Å². The average Bonchev–Trinajstić information content (AvgIpc) is 3.08. The Bertz CT molecular complexity index is 337. The Hall–Kier alpha value is -0.800. The number of rotatable bonds is 6. The minimum atomic E-state index is 0.184. The number of likely N-dealkylation sites (tertiary alicyclic amines) is 1. The molecule has 1 N–H and O–H groups in total. The molecule has 18 heavy (non-hydrogen) atoms. The second-order valence-electron chi connectivity index (χ2n) is 5.24. The van der Waals surface area contributed by atoms with Crippen molar-refractivity contribution in [1.29, 1.82) is 0 Å². The third-order valence-electron chi connectivity index (χ3n) is 4.61. The first-order chi connectivity index (χ1) is 8.78. The number of nitrogens with zero attached hydrogens (tertiary/aromatic N) is 1. The molecule has 2 heterocycles. The fourth-order valence-electron chi connectivity index (χ4n) is 3.58. The maximum Gasteiger partial charge on any atom is 0.122 e. The molecule has 1 aliphatic rings. The van der Waals surface area contributed by atoms with Crippen molar-refractivity contribution in [3.8, 4) is 0 Å². The summed E-state index contributed by atoms with van der Waals surface area (Å²) < 4.78 is 5.67. The van der Waals surface area contributed by atoms with Crippen molar-refractivity contribution >= 4 is 0 Å². The monoisotopic (exact) mass is 250 g/mol. The molecule has 0 saturated carbocycles. The minimum absolute atomic E-state index is 0.184. The SMILES string of the molecule is CCC(CC)(C(NC)c1ccco1)N1CCCC1. The number of furan rings is 1. The molecule has 1 atom stereocenters. The van der Waals surface area contributed by atoms with E-state index in [0.29, 0.717) is 0 Å². The second-order valence-corrected chi connectivity index (χ2v) is 5.24. The van der Waals surface area contributed by atoms with Crippen molar-refractivity contribution in [1.82, 2.24) is 10.2 Å². The summed E-state index contributed by atoms with van der Waals surface area (Å²) in [7, 11) is 2.04. The highest BCUT2D eigenvalue weighted by atomic mass is 16.3. The van der Waals surface area contributed by atoms with Crippen LogP contribution >= 0.6 is 0 Å². The Labute approximate surface area is 111 Å². The van der Waals surface area contributed by atoms with Gasteiger partial charge in [0, 0.05) is 5.54 Å². The molecular formula is C15H26N2O. The lowest BCUT2D eigenvalue weighted by atomic mass is 9.81. The van der Waals surface area contributed by atoms with Crippen molar-refractivity contribution in [3.63, 3.8) is 0 Å². The molecule has 1 unspecified atom stereocenters. The Morgan fingerprint density at radius 3 is 2.44 bits per heavy atom. The van der Waals surface area contributed by atoms with Gasteiger partial charge in [0.15, 0.2) is 0 Å². The molecule has 2 rings (SSSR count). The predicted molar refractivity (Wildman–Crippen MR) is 74.6 cm³/mol. The van der Waals surface area contributed by atoms with E-state index in [1.807, 2.05) is 13.1 Å². The molecule has 1 aliphatic heterocycles. The van der Waals surface area contributed by atoms with E-state index in [-0.39, 0.29) is 11.6 Å². The molecule has 1 fully saturated rings. The van der Waals surface area contributed by atoms with Crippen LogP contribution in [0.25, 0.3) is 0 Å². The van der Waals surface area contributed by atoms with Gasteiger partial charge in [-0.3, -0.25) is 4.90 Å². The van der Waals surface area contributed by atoms with Crippen molar-refractivity contribution < 1.29 is 4.42 Å². The van der Waals surface area contributed by atoms with Gasteiger partial charge in [0.1, 0.15) is 5.76 Å². The van der Waals surface area contributed by atoms with Crippen LogP contribution in [0.3, 0.4) is 0 Å². The van der Waals surface area contributed by atoms with E-state index >= 15 is 0 Å². The fraction of sp³-hybridized carbons (Fsp3) is 0.733. The van der Waals surface area contributed by atoms with Crippen LogP contribution in [0.2, 0.25) is 0 Å². The molecule has 102 valence electrons. The Balaban J connectivity index is 2.31. The van der Waals surface area contributed by atoms with Crippen LogP contribution in [-0.4, -0.2) is 30.6 Å². The molecular weight excluding hydrogens is 224 g/mol. The first-order valence-corrected chi connectivity index (χ1v) is 7.24. The molecule has 3 heteroatoms. The quantitative estimate of drug-likeness (QED) is 0.840. The van der Waals surface area contributed by atoms with E-state index in [0.717, 1.165) is 18.6 Å². The van der Waals surface area contributed by atoms with Crippen LogP contribution < -0.4 is 5.32 Å². The van der Waals surface area contributed by atoms with Crippen LogP contribution in [0.5, 0.6) is 0 Å². The zero-order valence-electron chi connectivity index (χ0n) is 11.9. The van der Waals surface area contributed by atoms with E-state index < -0.39 is 0 Å². The molecule has 0 radical (unpaired) electrons. The van der Waals surface area contributed by atoms with Crippen LogP contribution in [-0.2, 0) is 0 Å². The molecule has 0 amide bonds. The van der Waals surface area contributed by atoms with Crippen molar-refractivity contribution in [3.05, 3.63) is 24.2 Å². The normalized spacial score (nSPS) is 19.3. The lowest BCUT2D eigenvalue weighted by molar-refractivity contribution is 0.0562. The van der Waals surface area contributed by atoms with Crippen LogP contribution in [0, 0.1) is 0 Å². The lowest BCUT2D eigenvalue weighted by Crippen LogP contribution is -2.54. The number of nitrogens with one attached hydrogen (secondary N) is 1. The maximum atomic E-state index is 5.67. The summed E-state index contributed by atoms with van der Waals surface area (Å²) in [5.41, 5.74) is 0.184. The lowest BCUT2D eigenvalue weighted by Gasteiger charge is -2.46. The summed E-state index contributed by atoms with van der Waals surface area (Å²) in [5, 5.41) is 3.49. The topological polar surface area (TPSA) is 28.4 Å². The summed E-state index contributed by atoms with van der Waals surface area (Å²) in [5.74, 6) is 1.06. The summed E-state index contributed by atoms with van der Waals surface area (Å²) in [6.45, 7) is 7.05. The van der Waals surface area contributed by atoms with Gasteiger partial charge in [-0.1, -0.05) is 13.8 Å². The standard InChI is InChI=1S/C15H26N2O/c1-4-15(5-2,17-10-6-7-11-17)14(16-3)13-9-8-12-18-13/h8-9,12,14,16H,4-7,10-11H2,1-3H3. The number of hydrogen-bond donors (Lipinski definition) is 1. The summed E-state index contributed by atoms with van der Waals surface area (Å²) in [6, 6.07) is 4.36. The third-order valence-corrected chi connectivity index (χ3v) is 4.61. The number of hydrogen-bond acceptors (Lipinski definition) is 3. The summed E-state index contributed by atoms with van der Waals surface area (Å²) >= 11 is 0. The molecule has 1 saturated heterocycles. The highest BCUT2D eigenvalue weighted by molar-refractivity contribution is 5.13. The van der Waals surface area contributed by atoms with Crippen LogP contribution in [0.4, 0.5) is 0 Å². The largest absolute Gasteiger partial charge is 0.468 e. The summed E-state index contributed by atoms with van der Waals surface area (Å²) in [6.07, 6.45) is 6.73. The number of likely N-dealkylation sites (N-methyl/N-ethyl adjacent to an activating group) is 1. The smallest absolute Gasteiger partial charge is 0.122 e. The molecule has 0 spiro atoms. The van der Waals surface area contributed by atoms with Gasteiger partial charge in [-0.25, -0.2) is 0 Å². The van der Waals surface area contributed by atoms with E-state index in [2.05, 4.69) is 30.1 Å². The average molecular weight is 250 g/mol. The Morgan fingerprint density at radius 1 is 1.33 bits per heavy atom. The van der Waals surface area contributed by atoms with E-state index in [4.69, 9.17) is 4.42 Å². The van der Waals surface area contributed by atoms with Gasteiger partial charge in [-0.2, -0.15) is 0 Å². The van der Waals surface area contributed by atoms with E-state index in [1.54, 1.807) is 6.26 Å². The van der Waals surface area contributed by atoms with Gasteiger partial charge in [-0.15, -0.1) is 0 Å². The Kier molecular flexibility index (Phi) is 4.46. The van der Waals surface area contributed by atoms with Gasteiger partial charge in [-0.05, 0) is 58.0 Å². The Morgan fingerprint density at radius 2 is 2.00 bits per heavy atom. The van der Waals surface area contributed by atoms with Crippen molar-refractivity contribution in [2.45, 2.75) is 51.1 Å². The fourth-order valence-corrected chi connectivity index (χ4v) is 3.58. The van der Waals surface area contributed by atoms with Crippen LogP contribution in [0.15, 0.2) is 22.8 Å². The maximum absolute atomic E-state index is 5.67. The second kappa shape index (κ2) is 5.89. The van der Waals surface area contributed by atoms with Gasteiger partial charge >= 0.3 is 0 Å². The molecule has 0 bridgehead atoms. The van der Waals surface area contributed by atoms with E-state index in [1.165, 1.54) is 25.9 Å². The van der Waals surface area contributed by atoms with Gasteiger partial charge in [0.05, 0.1) is 12.3 Å². The summed E-state index contributed by atoms with van der Waals surface area (Å²) in [4.78, 5) is 2.66. The molecule has 1 aromatic rings. The molecule has 0 aliphatic carbocycles. The zero-order valence-corrected chi connectivity index (χ0v) is 11.9. The zero-order chi connectivity index (χ0) is 13.0. The van der Waals surface area contributed by atoms with Crippen LogP contribution in [0.1, 0.15) is 51.3 Å². The molecule has 0 aromatic carbocycles. The highest BCUT2D eigenvalue weighted by Gasteiger charge is 2.43. The molecule has 3 nitrogen and oxygen atoms in total. The first kappa shape index (κ1) is 13.6. The minimum Gasteiger partial charge on any atom is -0.468 e. The first-order valence-electron chi connectivity index (χ1n) is 7.24. The van der Waals surface area contributed by atoms with E-state index in [9.17, 15) is 0 Å². The predicted octanol–water partition coefficient (Wildman–Crippen LogP) is 3.19. The van der Waals surface area contributed by atoms with Gasteiger partial charge in [0.25, 0.3) is 0 Å². The van der Waals surface area contributed by atoms with Gasteiger partial charge < -0.3 is 9.73 Å². The highest BCUT2D eigenvalue weighted by Crippen LogP contribution is 2.39. The van der Waals surface area contributed by atoms with Gasteiger partial charge in [0.2, 0.25) is 0 Å². The third kappa shape index (κ3) is 2.21.